The van der Waals surface area contributed by atoms with Gasteiger partial charge in [0.1, 0.15) is 21.3 Å². The Bertz CT molecular complexity index is 1480. The summed E-state index contributed by atoms with van der Waals surface area (Å²) < 4.78 is 37.4. The SMILES string of the molecule is O=C(OCCCc1ccccc1)c1ccc(O)c(S(=O)(=O)c2cc(C(=O)OCCCc3ccccc3)ccc2O)c1. The third kappa shape index (κ3) is 7.73. The summed E-state index contributed by atoms with van der Waals surface area (Å²) >= 11 is 0. The van der Waals surface area contributed by atoms with Crippen molar-refractivity contribution < 1.29 is 37.7 Å². The van der Waals surface area contributed by atoms with Crippen LogP contribution in [-0.4, -0.2) is 43.8 Å². The van der Waals surface area contributed by atoms with E-state index in [-0.39, 0.29) is 24.3 Å². The van der Waals surface area contributed by atoms with Gasteiger partial charge in [-0.2, -0.15) is 0 Å². The number of rotatable bonds is 12. The van der Waals surface area contributed by atoms with Crippen LogP contribution in [0.25, 0.3) is 0 Å². The number of carbonyl (C=O) groups excluding carboxylic acids is 2. The number of phenols is 2. The second-order valence-corrected chi connectivity index (χ2v) is 11.2. The number of hydrogen-bond donors (Lipinski definition) is 2. The Morgan fingerprint density at radius 2 is 0.976 bits per heavy atom. The molecule has 0 fully saturated rings. The molecule has 0 unspecified atom stereocenters. The Balaban J connectivity index is 1.43. The molecule has 0 aromatic heterocycles. The molecule has 212 valence electrons. The van der Waals surface area contributed by atoms with Crippen LogP contribution in [0.2, 0.25) is 0 Å². The van der Waals surface area contributed by atoms with Crippen LogP contribution in [0.15, 0.2) is 107 Å². The van der Waals surface area contributed by atoms with E-state index in [2.05, 4.69) is 0 Å². The van der Waals surface area contributed by atoms with E-state index in [1.807, 2.05) is 60.7 Å². The van der Waals surface area contributed by atoms with Crippen molar-refractivity contribution in [2.24, 2.45) is 0 Å². The topological polar surface area (TPSA) is 127 Å². The van der Waals surface area contributed by atoms with Crippen LogP contribution in [0.4, 0.5) is 0 Å². The van der Waals surface area contributed by atoms with Crippen LogP contribution < -0.4 is 0 Å². The molecule has 4 aromatic carbocycles. The summed E-state index contributed by atoms with van der Waals surface area (Å²) in [7, 11) is -4.55. The first-order chi connectivity index (χ1) is 19.8. The van der Waals surface area contributed by atoms with Gasteiger partial charge < -0.3 is 19.7 Å². The van der Waals surface area contributed by atoms with E-state index < -0.39 is 43.1 Å². The number of aryl methyl sites for hydroxylation is 2. The van der Waals surface area contributed by atoms with Crippen LogP contribution in [0.3, 0.4) is 0 Å². The highest BCUT2D eigenvalue weighted by Gasteiger charge is 2.28. The summed E-state index contributed by atoms with van der Waals surface area (Å²) in [5.41, 5.74) is 2.02. The van der Waals surface area contributed by atoms with Gasteiger partial charge in [0.2, 0.25) is 9.84 Å². The normalized spacial score (nSPS) is 11.1. The Morgan fingerprint density at radius 1 is 0.585 bits per heavy atom. The lowest BCUT2D eigenvalue weighted by molar-refractivity contribution is 0.0491. The first kappa shape index (κ1) is 29.4. The number of hydrogen-bond acceptors (Lipinski definition) is 8. The molecule has 0 atom stereocenters. The van der Waals surface area contributed by atoms with E-state index in [1.54, 1.807) is 0 Å². The molecule has 0 spiro atoms. The molecule has 0 aliphatic rings. The Morgan fingerprint density at radius 3 is 1.37 bits per heavy atom. The predicted octanol–water partition coefficient (Wildman–Crippen LogP) is 5.51. The number of esters is 2. The molecular weight excluding hydrogens is 544 g/mol. The van der Waals surface area contributed by atoms with Gasteiger partial charge in [0.25, 0.3) is 0 Å². The maximum atomic E-state index is 13.4. The minimum absolute atomic E-state index is 0.0884. The zero-order chi connectivity index (χ0) is 29.2. The fraction of sp³-hybridized carbons (Fsp3) is 0.188. The molecule has 4 rings (SSSR count). The highest BCUT2D eigenvalue weighted by molar-refractivity contribution is 7.91. The highest BCUT2D eigenvalue weighted by Crippen LogP contribution is 2.34. The van der Waals surface area contributed by atoms with Gasteiger partial charge in [0.05, 0.1) is 24.3 Å². The molecule has 0 bridgehead atoms. The number of carbonyl (C=O) groups is 2. The lowest BCUT2D eigenvalue weighted by atomic mass is 10.1. The van der Waals surface area contributed by atoms with Gasteiger partial charge in [0, 0.05) is 0 Å². The molecule has 0 saturated heterocycles. The summed E-state index contributed by atoms with van der Waals surface area (Å²) in [6, 6.07) is 26.0. The van der Waals surface area contributed by atoms with E-state index in [0.717, 1.165) is 35.4 Å². The maximum Gasteiger partial charge on any atom is 0.338 e. The zero-order valence-electron chi connectivity index (χ0n) is 22.2. The Kier molecular flexibility index (Phi) is 9.76. The first-order valence-electron chi connectivity index (χ1n) is 13.1. The summed E-state index contributed by atoms with van der Waals surface area (Å²) in [5, 5.41) is 20.7. The number of aromatic hydroxyl groups is 2. The average molecular weight is 575 g/mol. The third-order valence-corrected chi connectivity index (χ3v) is 8.15. The molecule has 8 nitrogen and oxygen atoms in total. The molecular formula is C32H30O8S. The fourth-order valence-electron chi connectivity index (χ4n) is 4.17. The molecule has 0 aliphatic heterocycles. The van der Waals surface area contributed by atoms with Gasteiger partial charge in [-0.25, -0.2) is 18.0 Å². The third-order valence-electron chi connectivity index (χ3n) is 6.34. The molecule has 0 aliphatic carbocycles. The Labute approximate surface area is 238 Å². The minimum atomic E-state index is -4.55. The van der Waals surface area contributed by atoms with Crippen LogP contribution in [0.5, 0.6) is 11.5 Å². The van der Waals surface area contributed by atoms with Crippen LogP contribution in [0, 0.1) is 0 Å². The van der Waals surface area contributed by atoms with Gasteiger partial charge in [-0.15, -0.1) is 0 Å². The smallest absolute Gasteiger partial charge is 0.338 e. The van der Waals surface area contributed by atoms with E-state index >= 15 is 0 Å². The lowest BCUT2D eigenvalue weighted by Gasteiger charge is -2.12. The van der Waals surface area contributed by atoms with Crippen molar-refractivity contribution in [3.05, 3.63) is 119 Å². The van der Waals surface area contributed by atoms with E-state index in [1.165, 1.54) is 12.1 Å². The van der Waals surface area contributed by atoms with Crippen molar-refractivity contribution in [3.8, 4) is 11.5 Å². The standard InChI is InChI=1S/C32H30O8S/c33-27-17-15-25(31(35)39-19-7-13-23-9-3-1-4-10-23)21-29(27)41(37,38)30-22-26(16-18-28(30)34)32(36)40-20-8-14-24-11-5-2-6-12-24/h1-6,9-12,15-18,21-22,33-34H,7-8,13-14,19-20H2. The Hall–Kier alpha value is -4.63. The molecule has 2 N–H and O–H groups in total. The van der Waals surface area contributed by atoms with E-state index in [9.17, 15) is 28.2 Å². The molecule has 41 heavy (non-hydrogen) atoms. The van der Waals surface area contributed by atoms with Gasteiger partial charge in [0.15, 0.2) is 0 Å². The second kappa shape index (κ2) is 13.6. The van der Waals surface area contributed by atoms with Gasteiger partial charge in [-0.3, -0.25) is 0 Å². The summed E-state index contributed by atoms with van der Waals surface area (Å²) in [6.07, 6.45) is 2.55. The predicted molar refractivity (Wildman–Crippen MR) is 152 cm³/mol. The second-order valence-electron chi connectivity index (χ2n) is 9.32. The van der Waals surface area contributed by atoms with Crippen molar-refractivity contribution in [2.75, 3.05) is 13.2 Å². The van der Waals surface area contributed by atoms with Crippen LogP contribution in [-0.2, 0) is 32.2 Å². The van der Waals surface area contributed by atoms with Gasteiger partial charge in [-0.1, -0.05) is 60.7 Å². The zero-order valence-corrected chi connectivity index (χ0v) is 23.0. The van der Waals surface area contributed by atoms with Crippen molar-refractivity contribution in [1.29, 1.82) is 0 Å². The molecule has 9 heteroatoms. The van der Waals surface area contributed by atoms with Gasteiger partial charge in [-0.05, 0) is 73.2 Å². The van der Waals surface area contributed by atoms with Gasteiger partial charge >= 0.3 is 11.9 Å². The highest BCUT2D eigenvalue weighted by atomic mass is 32.2. The quantitative estimate of drug-likeness (QED) is 0.168. The van der Waals surface area contributed by atoms with E-state index in [4.69, 9.17) is 9.47 Å². The maximum absolute atomic E-state index is 13.4. The van der Waals surface area contributed by atoms with E-state index in [0.29, 0.717) is 25.7 Å². The van der Waals surface area contributed by atoms with Crippen LogP contribution >= 0.6 is 0 Å². The van der Waals surface area contributed by atoms with Crippen molar-refractivity contribution in [1.82, 2.24) is 0 Å². The van der Waals surface area contributed by atoms with Crippen molar-refractivity contribution in [2.45, 2.75) is 35.5 Å². The number of benzene rings is 4. The molecule has 0 saturated carbocycles. The van der Waals surface area contributed by atoms with Crippen molar-refractivity contribution in [3.63, 3.8) is 0 Å². The summed E-state index contributed by atoms with van der Waals surface area (Å²) in [4.78, 5) is 24.0. The largest absolute Gasteiger partial charge is 0.507 e. The number of sulfone groups is 1. The fourth-order valence-corrected chi connectivity index (χ4v) is 5.66. The minimum Gasteiger partial charge on any atom is -0.507 e. The lowest BCUT2D eigenvalue weighted by Crippen LogP contribution is -2.11. The van der Waals surface area contributed by atoms with Crippen molar-refractivity contribution >= 4 is 21.8 Å². The summed E-state index contributed by atoms with van der Waals surface area (Å²) in [6.45, 7) is 0.236. The first-order valence-corrected chi connectivity index (χ1v) is 14.6. The molecule has 4 aromatic rings. The molecule has 0 radical (unpaired) electrons. The monoisotopic (exact) mass is 574 g/mol. The average Bonchev–Trinajstić information content (AvgIpc) is 2.98. The number of ether oxygens (including phenoxy) is 2. The number of phenolic OH excluding ortho intramolecular Hbond substituents is 2. The van der Waals surface area contributed by atoms with Crippen LogP contribution in [0.1, 0.15) is 44.7 Å². The molecule has 0 heterocycles. The summed E-state index contributed by atoms with van der Waals surface area (Å²) in [5.74, 6) is -2.77. The molecule has 0 amide bonds.